The number of thiocarbonyl (C=S) groups is 1. The van der Waals surface area contributed by atoms with Crippen LogP contribution in [-0.2, 0) is 0 Å². The lowest BCUT2D eigenvalue weighted by molar-refractivity contribution is 0.0996. The number of hydrogen-bond donors (Lipinski definition) is 5. The fraction of sp³-hybridized carbons (Fsp3) is 0. The van der Waals surface area contributed by atoms with E-state index in [0.717, 1.165) is 0 Å². The van der Waals surface area contributed by atoms with Gasteiger partial charge in [-0.3, -0.25) is 10.1 Å². The van der Waals surface area contributed by atoms with E-state index < -0.39 is 6.09 Å². The number of carbonyl (C=O) groups is 2. The maximum absolute atomic E-state index is 12.0. The Labute approximate surface area is 175 Å². The first-order valence-electron chi connectivity index (χ1n) is 8.23. The largest absolute Gasteiger partial charge is 0.465 e. The van der Waals surface area contributed by atoms with Crippen molar-refractivity contribution in [2.24, 2.45) is 0 Å². The Morgan fingerprint density at radius 3 is 2.10 bits per heavy atom. The third-order valence-electron chi connectivity index (χ3n) is 3.61. The lowest BCUT2D eigenvalue weighted by Crippen LogP contribution is -2.19. The summed E-state index contributed by atoms with van der Waals surface area (Å²) in [5, 5.41) is 20.2. The van der Waals surface area contributed by atoms with E-state index in [0.29, 0.717) is 22.2 Å². The zero-order valence-corrected chi connectivity index (χ0v) is 16.3. The Bertz CT molecular complexity index is 1040. The van der Waals surface area contributed by atoms with Crippen LogP contribution in [0.4, 0.5) is 27.5 Å². The highest BCUT2D eigenvalue weighted by atomic mass is 35.5. The Kier molecular flexibility index (Phi) is 6.32. The fourth-order valence-electron chi connectivity index (χ4n) is 2.34. The topological polar surface area (TPSA) is 116 Å². The van der Waals surface area contributed by atoms with Gasteiger partial charge in [-0.2, -0.15) is 0 Å². The summed E-state index contributed by atoms with van der Waals surface area (Å²) in [7, 11) is 0. The first kappa shape index (κ1) is 20.2. The quantitative estimate of drug-likeness (QED) is 0.358. The maximum atomic E-state index is 12.0. The van der Waals surface area contributed by atoms with Crippen molar-refractivity contribution in [1.82, 2.24) is 0 Å². The molecule has 0 aliphatic carbocycles. The van der Waals surface area contributed by atoms with Crippen LogP contribution < -0.4 is 21.3 Å². The van der Waals surface area contributed by atoms with Gasteiger partial charge in [-0.1, -0.05) is 11.6 Å². The molecule has 0 fully saturated rings. The van der Waals surface area contributed by atoms with E-state index in [4.69, 9.17) is 33.3 Å². The predicted octanol–water partition coefficient (Wildman–Crippen LogP) is 5.08. The fourth-order valence-corrected chi connectivity index (χ4v) is 2.80. The molecule has 1 aromatic heterocycles. The van der Waals surface area contributed by atoms with Gasteiger partial charge in [0.2, 0.25) is 0 Å². The van der Waals surface area contributed by atoms with Crippen molar-refractivity contribution in [3.05, 3.63) is 71.6 Å². The van der Waals surface area contributed by atoms with Crippen LogP contribution in [-0.4, -0.2) is 22.2 Å². The van der Waals surface area contributed by atoms with Gasteiger partial charge in [-0.15, -0.1) is 0 Å². The van der Waals surface area contributed by atoms with Crippen LogP contribution in [0, 0.1) is 0 Å². The lowest BCUT2D eigenvalue weighted by Gasteiger charge is -2.12. The minimum Gasteiger partial charge on any atom is -0.465 e. The molecule has 0 spiro atoms. The van der Waals surface area contributed by atoms with Gasteiger partial charge in [0.25, 0.3) is 5.91 Å². The van der Waals surface area contributed by atoms with Gasteiger partial charge in [-0.05, 0) is 66.8 Å². The Hall–Kier alpha value is -3.56. The van der Waals surface area contributed by atoms with Crippen molar-refractivity contribution >= 4 is 63.7 Å². The van der Waals surface area contributed by atoms with Gasteiger partial charge >= 0.3 is 6.09 Å². The highest BCUT2D eigenvalue weighted by Crippen LogP contribution is 2.25. The Morgan fingerprint density at radius 1 is 0.897 bits per heavy atom. The SMILES string of the molecule is O=C(O)Nc1ccc(NC(=S)Nc2ccc(NC(=O)c3ccco3)cc2)cc1Cl. The Balaban J connectivity index is 1.56. The van der Waals surface area contributed by atoms with Crippen LogP contribution in [0.3, 0.4) is 0 Å². The predicted molar refractivity (Wildman–Crippen MR) is 116 cm³/mol. The molecule has 0 saturated carbocycles. The van der Waals surface area contributed by atoms with Crippen molar-refractivity contribution in [2.45, 2.75) is 0 Å². The summed E-state index contributed by atoms with van der Waals surface area (Å²) >= 11 is 11.3. The van der Waals surface area contributed by atoms with E-state index >= 15 is 0 Å². The standard InChI is InChI=1S/C19H15ClN4O4S/c20-14-10-13(7-8-15(14)24-19(26)27)23-18(29)22-12-5-3-11(4-6-12)21-17(25)16-2-1-9-28-16/h1-10,24H,(H,21,25)(H,26,27)(H2,22,23,29). The van der Waals surface area contributed by atoms with Crippen molar-refractivity contribution in [3.63, 3.8) is 0 Å². The van der Waals surface area contributed by atoms with E-state index in [-0.39, 0.29) is 22.4 Å². The molecule has 0 radical (unpaired) electrons. The molecule has 10 heteroatoms. The number of nitrogens with one attached hydrogen (secondary N) is 4. The van der Waals surface area contributed by atoms with Crippen LogP contribution >= 0.6 is 23.8 Å². The second-order valence-electron chi connectivity index (χ2n) is 5.71. The molecular weight excluding hydrogens is 416 g/mol. The number of hydrogen-bond acceptors (Lipinski definition) is 4. The van der Waals surface area contributed by atoms with Gasteiger partial charge < -0.3 is 25.5 Å². The second-order valence-corrected chi connectivity index (χ2v) is 6.53. The molecule has 3 aromatic rings. The number of furan rings is 1. The third kappa shape index (κ3) is 5.71. The molecule has 0 aliphatic rings. The van der Waals surface area contributed by atoms with Crippen LogP contribution in [0.5, 0.6) is 0 Å². The number of anilines is 4. The minimum absolute atomic E-state index is 0.223. The van der Waals surface area contributed by atoms with Crippen molar-refractivity contribution in [1.29, 1.82) is 0 Å². The molecule has 1 heterocycles. The van der Waals surface area contributed by atoms with Crippen LogP contribution in [0.15, 0.2) is 65.3 Å². The maximum Gasteiger partial charge on any atom is 0.409 e. The first-order valence-corrected chi connectivity index (χ1v) is 9.02. The van der Waals surface area contributed by atoms with Crippen LogP contribution in [0.2, 0.25) is 5.02 Å². The van der Waals surface area contributed by atoms with Gasteiger partial charge in [-0.25, -0.2) is 4.79 Å². The highest BCUT2D eigenvalue weighted by Gasteiger charge is 2.09. The van der Waals surface area contributed by atoms with Gasteiger partial charge in [0.15, 0.2) is 10.9 Å². The molecule has 29 heavy (non-hydrogen) atoms. The monoisotopic (exact) mass is 430 g/mol. The zero-order chi connectivity index (χ0) is 20.8. The molecule has 8 nitrogen and oxygen atoms in total. The summed E-state index contributed by atoms with van der Waals surface area (Å²) in [6.07, 6.45) is 0.229. The van der Waals surface area contributed by atoms with E-state index in [1.807, 2.05) is 0 Å². The number of amides is 2. The molecule has 0 saturated heterocycles. The smallest absolute Gasteiger partial charge is 0.409 e. The van der Waals surface area contributed by atoms with Crippen LogP contribution in [0.1, 0.15) is 10.6 Å². The molecule has 0 atom stereocenters. The normalized spacial score (nSPS) is 10.1. The highest BCUT2D eigenvalue weighted by molar-refractivity contribution is 7.80. The second kappa shape index (κ2) is 9.09. The van der Waals surface area contributed by atoms with E-state index in [1.54, 1.807) is 48.5 Å². The number of carboxylic acid groups (broad SMARTS) is 1. The molecule has 0 unspecified atom stereocenters. The summed E-state index contributed by atoms with van der Waals surface area (Å²) in [5.41, 5.74) is 2.17. The molecular formula is C19H15ClN4O4S. The number of halogens is 1. The van der Waals surface area contributed by atoms with E-state index in [2.05, 4.69) is 21.3 Å². The molecule has 5 N–H and O–H groups in total. The Morgan fingerprint density at radius 2 is 1.52 bits per heavy atom. The van der Waals surface area contributed by atoms with Crippen molar-refractivity contribution in [3.8, 4) is 0 Å². The van der Waals surface area contributed by atoms with Crippen molar-refractivity contribution < 1.29 is 19.1 Å². The van der Waals surface area contributed by atoms with E-state index in [1.165, 1.54) is 12.3 Å². The molecule has 2 amide bonds. The average Bonchev–Trinajstić information content (AvgIpc) is 3.20. The van der Waals surface area contributed by atoms with Crippen molar-refractivity contribution in [2.75, 3.05) is 21.3 Å². The summed E-state index contributed by atoms with van der Waals surface area (Å²) in [6.45, 7) is 0. The van der Waals surface area contributed by atoms with E-state index in [9.17, 15) is 9.59 Å². The number of benzene rings is 2. The third-order valence-corrected chi connectivity index (χ3v) is 4.13. The first-order chi connectivity index (χ1) is 13.9. The van der Waals surface area contributed by atoms with Gasteiger partial charge in [0.05, 0.1) is 17.0 Å². The molecule has 0 aliphatic heterocycles. The summed E-state index contributed by atoms with van der Waals surface area (Å²) in [5.74, 6) is -0.119. The number of carbonyl (C=O) groups excluding carboxylic acids is 1. The molecule has 2 aromatic carbocycles. The summed E-state index contributed by atoms with van der Waals surface area (Å²) in [6, 6.07) is 14.9. The summed E-state index contributed by atoms with van der Waals surface area (Å²) < 4.78 is 5.04. The number of rotatable bonds is 5. The molecule has 3 rings (SSSR count). The minimum atomic E-state index is -1.20. The molecule has 148 valence electrons. The van der Waals surface area contributed by atoms with Gasteiger partial charge in [0.1, 0.15) is 0 Å². The lowest BCUT2D eigenvalue weighted by atomic mass is 10.2. The van der Waals surface area contributed by atoms with Crippen LogP contribution in [0.25, 0.3) is 0 Å². The zero-order valence-electron chi connectivity index (χ0n) is 14.7. The molecule has 0 bridgehead atoms. The average molecular weight is 431 g/mol. The summed E-state index contributed by atoms with van der Waals surface area (Å²) in [4.78, 5) is 22.6. The van der Waals surface area contributed by atoms with Gasteiger partial charge in [0, 0.05) is 17.1 Å².